The Morgan fingerprint density at radius 3 is 2.00 bits per heavy atom. The predicted octanol–water partition coefficient (Wildman–Crippen LogP) is 3.27. The highest BCUT2D eigenvalue weighted by Crippen LogP contribution is 2.24. The van der Waals surface area contributed by atoms with Crippen molar-refractivity contribution in [1.82, 2.24) is 9.80 Å². The van der Waals surface area contributed by atoms with Crippen molar-refractivity contribution < 1.29 is 5.11 Å². The van der Waals surface area contributed by atoms with Crippen LogP contribution >= 0.6 is 0 Å². The zero-order valence-corrected chi connectivity index (χ0v) is 14.3. The molecule has 0 radical (unpaired) electrons. The third-order valence-electron chi connectivity index (χ3n) is 5.50. The van der Waals surface area contributed by atoms with Gasteiger partial charge in [0, 0.05) is 31.7 Å². The summed E-state index contributed by atoms with van der Waals surface area (Å²) in [5, 5.41) is 10.7. The summed E-state index contributed by atoms with van der Waals surface area (Å²) in [6.45, 7) is 5.74. The molecule has 0 bridgehead atoms. The van der Waals surface area contributed by atoms with Crippen LogP contribution in [0.2, 0.25) is 0 Å². The molecule has 0 aromatic rings. The Balaban J connectivity index is 1.94. The molecular weight excluding hydrogens is 260 g/mol. The third kappa shape index (κ3) is 5.54. The number of hydrogen-bond donors (Lipinski definition) is 1. The van der Waals surface area contributed by atoms with E-state index < -0.39 is 0 Å². The molecule has 1 aliphatic heterocycles. The van der Waals surface area contributed by atoms with Crippen LogP contribution in [0.25, 0.3) is 0 Å². The molecule has 124 valence electrons. The van der Waals surface area contributed by atoms with Gasteiger partial charge in [0.2, 0.25) is 0 Å². The van der Waals surface area contributed by atoms with Crippen molar-refractivity contribution in [3.63, 3.8) is 0 Å². The first-order valence-electron chi connectivity index (χ1n) is 9.31. The molecule has 0 spiro atoms. The molecule has 3 nitrogen and oxygen atoms in total. The number of rotatable bonds is 1. The lowest BCUT2D eigenvalue weighted by molar-refractivity contribution is -0.0136. The molecule has 2 fully saturated rings. The molecule has 1 saturated carbocycles. The fourth-order valence-electron chi connectivity index (χ4n) is 4.19. The topological polar surface area (TPSA) is 26.7 Å². The van der Waals surface area contributed by atoms with E-state index in [1.165, 1.54) is 57.8 Å². The molecule has 1 saturated heterocycles. The highest BCUT2D eigenvalue weighted by molar-refractivity contribution is 4.87. The first-order valence-corrected chi connectivity index (χ1v) is 9.31. The molecule has 2 aliphatic rings. The summed E-state index contributed by atoms with van der Waals surface area (Å²) in [4.78, 5) is 5.03. The standard InChI is InChI=1S/C18H36N2O/c1-16-15-19(2)13-14-20(16)17-11-9-7-5-3-4-6-8-10-12-18(17)21/h16-18,21H,3-15H2,1-2H3. The van der Waals surface area contributed by atoms with Gasteiger partial charge in [-0.1, -0.05) is 51.4 Å². The Kier molecular flexibility index (Phi) is 7.48. The van der Waals surface area contributed by atoms with Gasteiger partial charge in [0.25, 0.3) is 0 Å². The van der Waals surface area contributed by atoms with E-state index in [2.05, 4.69) is 23.8 Å². The maximum Gasteiger partial charge on any atom is 0.0695 e. The molecule has 0 aromatic heterocycles. The third-order valence-corrected chi connectivity index (χ3v) is 5.50. The Morgan fingerprint density at radius 1 is 0.810 bits per heavy atom. The van der Waals surface area contributed by atoms with Crippen LogP contribution in [0, 0.1) is 0 Å². The van der Waals surface area contributed by atoms with Crippen LogP contribution in [0.15, 0.2) is 0 Å². The van der Waals surface area contributed by atoms with E-state index in [0.29, 0.717) is 12.1 Å². The van der Waals surface area contributed by atoms with Gasteiger partial charge in [-0.05, 0) is 26.8 Å². The summed E-state index contributed by atoms with van der Waals surface area (Å²) < 4.78 is 0. The van der Waals surface area contributed by atoms with Gasteiger partial charge in [-0.3, -0.25) is 4.90 Å². The minimum absolute atomic E-state index is 0.115. The molecule has 3 unspecified atom stereocenters. The highest BCUT2D eigenvalue weighted by atomic mass is 16.3. The summed E-state index contributed by atoms with van der Waals surface area (Å²) in [6, 6.07) is 0.976. The number of hydrogen-bond acceptors (Lipinski definition) is 3. The monoisotopic (exact) mass is 296 g/mol. The molecule has 0 amide bonds. The van der Waals surface area contributed by atoms with Crippen LogP contribution in [0.3, 0.4) is 0 Å². The van der Waals surface area contributed by atoms with Crippen LogP contribution < -0.4 is 0 Å². The van der Waals surface area contributed by atoms with Gasteiger partial charge in [0.1, 0.15) is 0 Å². The van der Waals surface area contributed by atoms with E-state index >= 15 is 0 Å². The van der Waals surface area contributed by atoms with E-state index in [-0.39, 0.29) is 6.10 Å². The SMILES string of the molecule is CC1CN(C)CCN1C1CCCCCCCCCCC1O. The van der Waals surface area contributed by atoms with E-state index in [0.717, 1.165) is 26.1 Å². The van der Waals surface area contributed by atoms with Crippen LogP contribution in [-0.4, -0.2) is 59.8 Å². The molecule has 0 aromatic carbocycles. The number of aliphatic hydroxyl groups is 1. The van der Waals surface area contributed by atoms with Crippen molar-refractivity contribution in [2.45, 2.75) is 89.3 Å². The maximum atomic E-state index is 10.7. The van der Waals surface area contributed by atoms with Crippen LogP contribution in [-0.2, 0) is 0 Å². The second-order valence-electron chi connectivity index (χ2n) is 7.39. The number of nitrogens with zero attached hydrogens (tertiary/aromatic N) is 2. The van der Waals surface area contributed by atoms with Gasteiger partial charge >= 0.3 is 0 Å². The lowest BCUT2D eigenvalue weighted by atomic mass is 9.93. The van der Waals surface area contributed by atoms with Crippen molar-refractivity contribution >= 4 is 0 Å². The lowest BCUT2D eigenvalue weighted by Gasteiger charge is -2.44. The predicted molar refractivity (Wildman–Crippen MR) is 89.6 cm³/mol. The van der Waals surface area contributed by atoms with Gasteiger partial charge in [-0.2, -0.15) is 0 Å². The molecular formula is C18H36N2O. The average Bonchev–Trinajstić information content (AvgIpc) is 2.44. The number of likely N-dealkylation sites (N-methyl/N-ethyl adjacent to an activating group) is 1. The molecule has 3 heteroatoms. The van der Waals surface area contributed by atoms with Crippen molar-refractivity contribution in [2.24, 2.45) is 0 Å². The van der Waals surface area contributed by atoms with Crippen molar-refractivity contribution in [2.75, 3.05) is 26.7 Å². The maximum absolute atomic E-state index is 10.7. The van der Waals surface area contributed by atoms with Gasteiger partial charge in [0.05, 0.1) is 6.10 Å². The van der Waals surface area contributed by atoms with Gasteiger partial charge in [-0.15, -0.1) is 0 Å². The van der Waals surface area contributed by atoms with Crippen LogP contribution in [0.1, 0.15) is 71.1 Å². The van der Waals surface area contributed by atoms with Crippen LogP contribution in [0.4, 0.5) is 0 Å². The second kappa shape index (κ2) is 9.12. The minimum atomic E-state index is -0.115. The second-order valence-corrected chi connectivity index (χ2v) is 7.39. The Morgan fingerprint density at radius 2 is 1.38 bits per heavy atom. The zero-order chi connectivity index (χ0) is 15.1. The molecule has 1 aliphatic carbocycles. The van der Waals surface area contributed by atoms with E-state index in [9.17, 15) is 5.11 Å². The fourth-order valence-corrected chi connectivity index (χ4v) is 4.19. The minimum Gasteiger partial charge on any atom is -0.391 e. The fraction of sp³-hybridized carbons (Fsp3) is 1.00. The Bertz CT molecular complexity index is 284. The summed E-state index contributed by atoms with van der Waals surface area (Å²) in [7, 11) is 2.21. The van der Waals surface area contributed by atoms with E-state index in [1.807, 2.05) is 0 Å². The zero-order valence-electron chi connectivity index (χ0n) is 14.3. The van der Waals surface area contributed by atoms with Gasteiger partial charge in [-0.25, -0.2) is 0 Å². The number of piperazine rings is 1. The first kappa shape index (κ1) is 17.2. The van der Waals surface area contributed by atoms with Crippen molar-refractivity contribution in [3.8, 4) is 0 Å². The van der Waals surface area contributed by atoms with E-state index in [1.54, 1.807) is 0 Å². The largest absolute Gasteiger partial charge is 0.391 e. The normalized spacial score (nSPS) is 35.9. The highest BCUT2D eigenvalue weighted by Gasteiger charge is 2.31. The quantitative estimate of drug-likeness (QED) is 0.804. The molecule has 3 atom stereocenters. The first-order chi connectivity index (χ1) is 10.2. The summed E-state index contributed by atoms with van der Waals surface area (Å²) >= 11 is 0. The molecule has 2 rings (SSSR count). The van der Waals surface area contributed by atoms with Gasteiger partial charge < -0.3 is 10.0 Å². The smallest absolute Gasteiger partial charge is 0.0695 e. The lowest BCUT2D eigenvalue weighted by Crippen LogP contribution is -2.57. The van der Waals surface area contributed by atoms with Crippen molar-refractivity contribution in [3.05, 3.63) is 0 Å². The van der Waals surface area contributed by atoms with E-state index in [4.69, 9.17) is 0 Å². The summed E-state index contributed by atoms with van der Waals surface area (Å²) in [5.41, 5.74) is 0. The van der Waals surface area contributed by atoms with Crippen molar-refractivity contribution in [1.29, 1.82) is 0 Å². The van der Waals surface area contributed by atoms with Crippen LogP contribution in [0.5, 0.6) is 0 Å². The average molecular weight is 296 g/mol. The van der Waals surface area contributed by atoms with Gasteiger partial charge in [0.15, 0.2) is 0 Å². The summed E-state index contributed by atoms with van der Waals surface area (Å²) in [6.07, 6.45) is 12.8. The Hall–Kier alpha value is -0.120. The molecule has 1 N–H and O–H groups in total. The number of aliphatic hydroxyl groups excluding tert-OH is 1. The molecule has 21 heavy (non-hydrogen) atoms. The molecule has 1 heterocycles. The Labute approximate surface area is 131 Å². The summed E-state index contributed by atoms with van der Waals surface area (Å²) in [5.74, 6) is 0.